The van der Waals surface area contributed by atoms with Gasteiger partial charge in [0.2, 0.25) is 0 Å². The Morgan fingerprint density at radius 1 is 1.26 bits per heavy atom. The van der Waals surface area contributed by atoms with Gasteiger partial charge >= 0.3 is 0 Å². The molecule has 0 aliphatic heterocycles. The van der Waals surface area contributed by atoms with Gasteiger partial charge in [-0.15, -0.1) is 0 Å². The Morgan fingerprint density at radius 2 is 2.11 bits per heavy atom. The zero-order valence-electron chi connectivity index (χ0n) is 10.3. The Morgan fingerprint density at radius 3 is 2.84 bits per heavy atom. The van der Waals surface area contributed by atoms with Crippen molar-refractivity contribution in [3.63, 3.8) is 0 Å². The van der Waals surface area contributed by atoms with E-state index in [0.717, 1.165) is 20.9 Å². The van der Waals surface area contributed by atoms with Gasteiger partial charge in [-0.25, -0.2) is 0 Å². The van der Waals surface area contributed by atoms with E-state index in [1.165, 1.54) is 0 Å². The fourth-order valence-corrected chi connectivity index (χ4v) is 2.57. The van der Waals surface area contributed by atoms with Crippen molar-refractivity contribution in [2.75, 3.05) is 0 Å². The molecule has 0 saturated carbocycles. The van der Waals surface area contributed by atoms with Crippen molar-refractivity contribution in [3.05, 3.63) is 58.5 Å². The maximum Gasteiger partial charge on any atom is 0.125 e. The zero-order valence-corrected chi connectivity index (χ0v) is 11.9. The van der Waals surface area contributed by atoms with Crippen LogP contribution in [0.15, 0.2) is 47.2 Å². The number of benzene rings is 1. The second-order valence-corrected chi connectivity index (χ2v) is 5.21. The summed E-state index contributed by atoms with van der Waals surface area (Å²) in [4.78, 5) is 4.37. The highest BCUT2D eigenvalue weighted by Gasteiger charge is 2.17. The summed E-state index contributed by atoms with van der Waals surface area (Å²) in [5.74, 6) is 0. The van der Waals surface area contributed by atoms with Crippen LogP contribution in [-0.2, 0) is 7.05 Å². The molecule has 5 heteroatoms. The SMILES string of the molecule is Cn1ccc(C(O)c2ccc(Br)c3cccnc23)n1. The molecule has 0 radical (unpaired) electrons. The summed E-state index contributed by atoms with van der Waals surface area (Å²) in [5, 5.41) is 15.7. The van der Waals surface area contributed by atoms with Crippen molar-refractivity contribution in [2.24, 2.45) is 7.05 Å². The molecule has 0 saturated heterocycles. The van der Waals surface area contributed by atoms with Crippen LogP contribution in [0.3, 0.4) is 0 Å². The molecule has 0 aliphatic carbocycles. The fraction of sp³-hybridized carbons (Fsp3) is 0.143. The van der Waals surface area contributed by atoms with Crippen LogP contribution in [0.2, 0.25) is 0 Å². The molecule has 2 aromatic heterocycles. The molecule has 0 amide bonds. The molecule has 0 fully saturated rings. The van der Waals surface area contributed by atoms with Crippen molar-refractivity contribution in [1.82, 2.24) is 14.8 Å². The van der Waals surface area contributed by atoms with Crippen LogP contribution in [0.5, 0.6) is 0 Å². The predicted octanol–water partition coefficient (Wildman–Crippen LogP) is 2.81. The van der Waals surface area contributed by atoms with Gasteiger partial charge in [-0.2, -0.15) is 5.10 Å². The number of fused-ring (bicyclic) bond motifs is 1. The lowest BCUT2D eigenvalue weighted by Crippen LogP contribution is -2.03. The highest BCUT2D eigenvalue weighted by molar-refractivity contribution is 9.10. The maximum absolute atomic E-state index is 10.5. The molecule has 4 nitrogen and oxygen atoms in total. The third-order valence-electron chi connectivity index (χ3n) is 3.06. The zero-order chi connectivity index (χ0) is 13.4. The van der Waals surface area contributed by atoms with Crippen LogP contribution in [-0.4, -0.2) is 19.9 Å². The van der Waals surface area contributed by atoms with Crippen LogP contribution in [0.4, 0.5) is 0 Å². The van der Waals surface area contributed by atoms with E-state index in [4.69, 9.17) is 0 Å². The molecule has 1 N–H and O–H groups in total. The number of nitrogens with zero attached hydrogens (tertiary/aromatic N) is 3. The number of hydrogen-bond donors (Lipinski definition) is 1. The smallest absolute Gasteiger partial charge is 0.125 e. The Bertz CT molecular complexity index is 738. The summed E-state index contributed by atoms with van der Waals surface area (Å²) in [6.45, 7) is 0. The largest absolute Gasteiger partial charge is 0.382 e. The summed E-state index contributed by atoms with van der Waals surface area (Å²) in [6, 6.07) is 9.46. The number of hydrogen-bond acceptors (Lipinski definition) is 3. The summed E-state index contributed by atoms with van der Waals surface area (Å²) in [7, 11) is 1.83. The monoisotopic (exact) mass is 317 g/mol. The molecule has 0 spiro atoms. The fourth-order valence-electron chi connectivity index (χ4n) is 2.12. The Balaban J connectivity index is 2.18. The van der Waals surface area contributed by atoms with Crippen molar-refractivity contribution in [2.45, 2.75) is 6.10 Å². The average molecular weight is 318 g/mol. The van der Waals surface area contributed by atoms with E-state index in [9.17, 15) is 5.11 Å². The van der Waals surface area contributed by atoms with E-state index in [1.807, 2.05) is 43.6 Å². The van der Waals surface area contributed by atoms with Crippen molar-refractivity contribution in [1.29, 1.82) is 0 Å². The van der Waals surface area contributed by atoms with Crippen LogP contribution in [0.1, 0.15) is 17.4 Å². The summed E-state index contributed by atoms with van der Waals surface area (Å²) >= 11 is 3.50. The molecule has 19 heavy (non-hydrogen) atoms. The number of aromatic nitrogens is 3. The van der Waals surface area contributed by atoms with E-state index < -0.39 is 6.10 Å². The van der Waals surface area contributed by atoms with E-state index in [-0.39, 0.29) is 0 Å². The lowest BCUT2D eigenvalue weighted by molar-refractivity contribution is 0.215. The normalized spacial score (nSPS) is 12.8. The minimum absolute atomic E-state index is 0.622. The van der Waals surface area contributed by atoms with Crippen LogP contribution < -0.4 is 0 Å². The van der Waals surface area contributed by atoms with Gasteiger partial charge in [-0.3, -0.25) is 9.67 Å². The number of aryl methyl sites for hydroxylation is 1. The number of aliphatic hydroxyl groups is 1. The van der Waals surface area contributed by atoms with E-state index in [2.05, 4.69) is 26.0 Å². The second kappa shape index (κ2) is 4.75. The van der Waals surface area contributed by atoms with Crippen LogP contribution in [0.25, 0.3) is 10.9 Å². The maximum atomic E-state index is 10.5. The van der Waals surface area contributed by atoms with Crippen molar-refractivity contribution >= 4 is 26.8 Å². The first-order chi connectivity index (χ1) is 9.16. The molecular formula is C14H12BrN3O. The van der Waals surface area contributed by atoms with E-state index >= 15 is 0 Å². The van der Waals surface area contributed by atoms with Gasteiger partial charge in [-0.1, -0.05) is 28.1 Å². The number of aliphatic hydroxyl groups excluding tert-OH is 1. The molecule has 2 heterocycles. The van der Waals surface area contributed by atoms with Gasteiger partial charge in [0.15, 0.2) is 0 Å². The highest BCUT2D eigenvalue weighted by Crippen LogP contribution is 2.30. The van der Waals surface area contributed by atoms with Crippen LogP contribution >= 0.6 is 15.9 Å². The molecule has 0 bridgehead atoms. The first-order valence-electron chi connectivity index (χ1n) is 5.87. The van der Waals surface area contributed by atoms with Crippen molar-refractivity contribution < 1.29 is 5.11 Å². The van der Waals surface area contributed by atoms with E-state index in [1.54, 1.807) is 10.9 Å². The molecule has 1 aromatic carbocycles. The highest BCUT2D eigenvalue weighted by atomic mass is 79.9. The molecule has 3 rings (SSSR count). The van der Waals surface area contributed by atoms with Gasteiger partial charge in [0.1, 0.15) is 6.10 Å². The second-order valence-electron chi connectivity index (χ2n) is 4.35. The Kier molecular flexibility index (Phi) is 3.08. The molecule has 0 aliphatic rings. The Labute approximate surface area is 118 Å². The third kappa shape index (κ3) is 2.15. The molecular weight excluding hydrogens is 306 g/mol. The third-order valence-corrected chi connectivity index (χ3v) is 3.75. The van der Waals surface area contributed by atoms with Gasteiger partial charge in [0.05, 0.1) is 11.2 Å². The minimum Gasteiger partial charge on any atom is -0.382 e. The van der Waals surface area contributed by atoms with Gasteiger partial charge in [0.25, 0.3) is 0 Å². The lowest BCUT2D eigenvalue weighted by Gasteiger charge is -2.11. The van der Waals surface area contributed by atoms with Crippen LogP contribution in [0, 0.1) is 0 Å². The summed E-state index contributed by atoms with van der Waals surface area (Å²) in [5.41, 5.74) is 2.17. The predicted molar refractivity (Wildman–Crippen MR) is 76.7 cm³/mol. The van der Waals surface area contributed by atoms with E-state index in [0.29, 0.717) is 5.69 Å². The average Bonchev–Trinajstić information content (AvgIpc) is 2.86. The molecule has 1 atom stereocenters. The molecule has 1 unspecified atom stereocenters. The Hall–Kier alpha value is -1.72. The standard InChI is InChI=1S/C14H12BrN3O/c1-18-8-6-12(17-18)14(19)10-4-5-11(15)9-3-2-7-16-13(9)10/h2-8,14,19H,1H3. The first-order valence-corrected chi connectivity index (χ1v) is 6.67. The quantitative estimate of drug-likeness (QED) is 0.790. The molecule has 96 valence electrons. The summed E-state index contributed by atoms with van der Waals surface area (Å²) < 4.78 is 2.64. The minimum atomic E-state index is -0.772. The topological polar surface area (TPSA) is 50.9 Å². The number of pyridine rings is 1. The van der Waals surface area contributed by atoms with Gasteiger partial charge < -0.3 is 5.11 Å². The number of rotatable bonds is 2. The number of halogens is 1. The molecule has 3 aromatic rings. The van der Waals surface area contributed by atoms with Gasteiger partial charge in [-0.05, 0) is 18.2 Å². The van der Waals surface area contributed by atoms with Crippen molar-refractivity contribution in [3.8, 4) is 0 Å². The summed E-state index contributed by atoms with van der Waals surface area (Å²) in [6.07, 6.45) is 2.77. The van der Waals surface area contributed by atoms with Gasteiger partial charge in [0, 0.05) is 34.9 Å². The lowest BCUT2D eigenvalue weighted by atomic mass is 10.0. The first kappa shape index (κ1) is 12.3.